The van der Waals surface area contributed by atoms with Crippen LogP contribution in [0.4, 0.5) is 0 Å². The molecule has 0 aromatic carbocycles. The summed E-state index contributed by atoms with van der Waals surface area (Å²) in [7, 11) is 1.67. The summed E-state index contributed by atoms with van der Waals surface area (Å²) in [5.74, 6) is 0.102. The number of piperazine rings is 1. The van der Waals surface area contributed by atoms with E-state index in [0.717, 1.165) is 32.7 Å². The Morgan fingerprint density at radius 3 is 2.38 bits per heavy atom. The number of rotatable bonds is 5. The van der Waals surface area contributed by atoms with Crippen LogP contribution >= 0.6 is 12.2 Å². The second kappa shape index (κ2) is 6.78. The van der Waals surface area contributed by atoms with Crippen LogP contribution in [0.3, 0.4) is 0 Å². The average Bonchev–Trinajstić information content (AvgIpc) is 2.27. The zero-order valence-corrected chi connectivity index (χ0v) is 10.6. The van der Waals surface area contributed by atoms with Gasteiger partial charge in [0.1, 0.15) is 0 Å². The molecule has 16 heavy (non-hydrogen) atoms. The lowest BCUT2D eigenvalue weighted by Gasteiger charge is -2.34. The summed E-state index contributed by atoms with van der Waals surface area (Å²) in [4.78, 5) is 16.2. The molecule has 1 fully saturated rings. The first-order chi connectivity index (χ1) is 7.61. The van der Waals surface area contributed by atoms with Crippen molar-refractivity contribution in [1.82, 2.24) is 15.1 Å². The fraction of sp³-hybridized carbons (Fsp3) is 0.800. The molecule has 6 heteroatoms. The largest absolute Gasteiger partial charge is 0.392 e. The molecule has 1 heterocycles. The number of amides is 1. The van der Waals surface area contributed by atoms with Crippen LogP contribution < -0.4 is 11.1 Å². The van der Waals surface area contributed by atoms with E-state index in [4.69, 9.17) is 18.0 Å². The van der Waals surface area contributed by atoms with Gasteiger partial charge >= 0.3 is 0 Å². The first kappa shape index (κ1) is 13.3. The highest BCUT2D eigenvalue weighted by molar-refractivity contribution is 7.80. The van der Waals surface area contributed by atoms with E-state index in [-0.39, 0.29) is 5.91 Å². The predicted octanol–water partition coefficient (Wildman–Crippen LogP) is -0.974. The highest BCUT2D eigenvalue weighted by Crippen LogP contribution is 2.02. The van der Waals surface area contributed by atoms with Gasteiger partial charge in [0.2, 0.25) is 5.91 Å². The smallest absolute Gasteiger partial charge is 0.221 e. The summed E-state index contributed by atoms with van der Waals surface area (Å²) in [5, 5.41) is 2.63. The fourth-order valence-corrected chi connectivity index (χ4v) is 1.96. The Labute approximate surface area is 102 Å². The third-order valence-corrected chi connectivity index (χ3v) is 2.91. The normalized spacial score (nSPS) is 18.3. The number of hydrogen-bond acceptors (Lipinski definition) is 4. The maximum atomic E-state index is 11.1. The summed E-state index contributed by atoms with van der Waals surface area (Å²) in [6.45, 7) is 5.47. The molecular weight excluding hydrogens is 224 g/mol. The van der Waals surface area contributed by atoms with Gasteiger partial charge in [0.15, 0.2) is 0 Å². The van der Waals surface area contributed by atoms with Crippen LogP contribution in [0.5, 0.6) is 0 Å². The highest BCUT2D eigenvalue weighted by Gasteiger charge is 2.17. The van der Waals surface area contributed by atoms with E-state index in [2.05, 4.69) is 15.1 Å². The molecule has 0 aromatic heterocycles. The van der Waals surface area contributed by atoms with Crippen LogP contribution in [-0.4, -0.2) is 67.0 Å². The number of hydrogen-bond donors (Lipinski definition) is 2. The van der Waals surface area contributed by atoms with E-state index >= 15 is 0 Å². The molecule has 0 aliphatic carbocycles. The number of nitrogens with two attached hydrogens (primary N) is 1. The number of nitrogens with one attached hydrogen (secondary N) is 1. The van der Waals surface area contributed by atoms with E-state index in [9.17, 15) is 4.79 Å². The lowest BCUT2D eigenvalue weighted by molar-refractivity contribution is -0.121. The molecule has 92 valence electrons. The van der Waals surface area contributed by atoms with Gasteiger partial charge in [-0.05, 0) is 0 Å². The van der Waals surface area contributed by atoms with Crippen LogP contribution in [0.1, 0.15) is 6.42 Å². The second-order valence-electron chi connectivity index (χ2n) is 4.01. The predicted molar refractivity (Wildman–Crippen MR) is 68.3 cm³/mol. The van der Waals surface area contributed by atoms with Gasteiger partial charge in [0, 0.05) is 52.7 Å². The molecule has 1 saturated heterocycles. The van der Waals surface area contributed by atoms with Crippen LogP contribution in [0.25, 0.3) is 0 Å². The van der Waals surface area contributed by atoms with Crippen molar-refractivity contribution in [1.29, 1.82) is 0 Å². The fourth-order valence-electron chi connectivity index (χ4n) is 1.78. The Bertz CT molecular complexity index is 251. The van der Waals surface area contributed by atoms with E-state index in [1.165, 1.54) is 0 Å². The van der Waals surface area contributed by atoms with Gasteiger partial charge in [0.25, 0.3) is 0 Å². The molecule has 0 spiro atoms. The van der Waals surface area contributed by atoms with Crippen molar-refractivity contribution in [3.8, 4) is 0 Å². The Balaban J connectivity index is 2.16. The number of carbonyl (C=O) groups excluding carboxylic acids is 1. The van der Waals surface area contributed by atoms with Gasteiger partial charge in [-0.3, -0.25) is 9.69 Å². The first-order valence-corrected chi connectivity index (χ1v) is 5.96. The number of carbonyl (C=O) groups is 1. The molecule has 0 aromatic rings. The van der Waals surface area contributed by atoms with Crippen molar-refractivity contribution in [2.24, 2.45) is 5.73 Å². The molecule has 0 radical (unpaired) electrons. The van der Waals surface area contributed by atoms with E-state index < -0.39 is 0 Å². The van der Waals surface area contributed by atoms with E-state index in [1.54, 1.807) is 7.05 Å². The lowest BCUT2D eigenvalue weighted by Crippen LogP contribution is -2.49. The average molecular weight is 244 g/mol. The summed E-state index contributed by atoms with van der Waals surface area (Å²) >= 11 is 4.88. The summed E-state index contributed by atoms with van der Waals surface area (Å²) < 4.78 is 0. The maximum Gasteiger partial charge on any atom is 0.221 e. The summed E-state index contributed by atoms with van der Waals surface area (Å²) in [6.07, 6.45) is 0.575. The second-order valence-corrected chi connectivity index (χ2v) is 4.53. The minimum Gasteiger partial charge on any atom is -0.392 e. The van der Waals surface area contributed by atoms with Gasteiger partial charge in [-0.1, -0.05) is 12.2 Å². The Morgan fingerprint density at radius 1 is 1.31 bits per heavy atom. The van der Waals surface area contributed by atoms with Crippen molar-refractivity contribution in [2.75, 3.05) is 46.3 Å². The molecule has 0 bridgehead atoms. The van der Waals surface area contributed by atoms with Gasteiger partial charge < -0.3 is 16.0 Å². The van der Waals surface area contributed by atoms with Gasteiger partial charge in [-0.25, -0.2) is 0 Å². The molecule has 3 N–H and O–H groups in total. The van der Waals surface area contributed by atoms with Gasteiger partial charge in [-0.2, -0.15) is 0 Å². The SMILES string of the molecule is CNC(=O)CCN1CCN(CC(N)=S)CC1. The van der Waals surface area contributed by atoms with Crippen LogP contribution in [0.15, 0.2) is 0 Å². The monoisotopic (exact) mass is 244 g/mol. The topological polar surface area (TPSA) is 61.6 Å². The van der Waals surface area contributed by atoms with Crippen molar-refractivity contribution in [3.05, 3.63) is 0 Å². The summed E-state index contributed by atoms with van der Waals surface area (Å²) in [5.41, 5.74) is 5.50. The maximum absolute atomic E-state index is 11.1. The molecule has 0 unspecified atom stereocenters. The molecule has 1 aliphatic rings. The molecule has 1 rings (SSSR count). The molecule has 1 aliphatic heterocycles. The Kier molecular flexibility index (Phi) is 5.65. The van der Waals surface area contributed by atoms with Crippen LogP contribution in [0, 0.1) is 0 Å². The zero-order chi connectivity index (χ0) is 12.0. The lowest BCUT2D eigenvalue weighted by atomic mass is 10.3. The van der Waals surface area contributed by atoms with Gasteiger partial charge in [0.05, 0.1) is 4.99 Å². The molecule has 0 saturated carbocycles. The van der Waals surface area contributed by atoms with Crippen molar-refractivity contribution in [3.63, 3.8) is 0 Å². The highest BCUT2D eigenvalue weighted by atomic mass is 32.1. The first-order valence-electron chi connectivity index (χ1n) is 5.55. The van der Waals surface area contributed by atoms with Crippen molar-refractivity contribution in [2.45, 2.75) is 6.42 Å². The number of thiocarbonyl (C=S) groups is 1. The number of nitrogens with zero attached hydrogens (tertiary/aromatic N) is 2. The van der Waals surface area contributed by atoms with Gasteiger partial charge in [-0.15, -0.1) is 0 Å². The third-order valence-electron chi connectivity index (χ3n) is 2.78. The Morgan fingerprint density at radius 2 is 1.88 bits per heavy atom. The van der Waals surface area contributed by atoms with Crippen molar-refractivity contribution < 1.29 is 4.79 Å². The van der Waals surface area contributed by atoms with Crippen molar-refractivity contribution >= 4 is 23.1 Å². The molecule has 1 amide bonds. The van der Waals surface area contributed by atoms with Crippen LogP contribution in [0.2, 0.25) is 0 Å². The zero-order valence-electron chi connectivity index (χ0n) is 9.74. The minimum atomic E-state index is 0.102. The standard InChI is InChI=1S/C10H20N4OS/c1-12-10(15)2-3-13-4-6-14(7-5-13)8-9(11)16/h2-8H2,1H3,(H2,11,16)(H,12,15). The Hall–Kier alpha value is -0.720. The van der Waals surface area contributed by atoms with Crippen LogP contribution in [-0.2, 0) is 4.79 Å². The summed E-state index contributed by atoms with van der Waals surface area (Å²) in [6, 6.07) is 0. The minimum absolute atomic E-state index is 0.102. The van der Waals surface area contributed by atoms with E-state index in [0.29, 0.717) is 18.0 Å². The molecule has 5 nitrogen and oxygen atoms in total. The van der Waals surface area contributed by atoms with E-state index in [1.807, 2.05) is 0 Å². The molecule has 0 atom stereocenters. The third kappa shape index (κ3) is 4.87. The molecular formula is C10H20N4OS. The quantitative estimate of drug-likeness (QED) is 0.609.